The number of nitrogens with one attached hydrogen (secondary N) is 1. The van der Waals surface area contributed by atoms with Gasteiger partial charge in [0, 0.05) is 32.1 Å². The molecule has 0 bridgehead atoms. The van der Waals surface area contributed by atoms with Gasteiger partial charge in [-0.25, -0.2) is 9.59 Å². The van der Waals surface area contributed by atoms with Gasteiger partial charge in [-0.2, -0.15) is 5.10 Å². The Labute approximate surface area is 104 Å². The second kappa shape index (κ2) is 4.67. The van der Waals surface area contributed by atoms with Crippen LogP contribution < -0.4 is 5.32 Å². The van der Waals surface area contributed by atoms with Crippen molar-refractivity contribution in [1.82, 2.24) is 20.0 Å². The molecule has 1 aromatic heterocycles. The molecule has 1 aliphatic heterocycles. The van der Waals surface area contributed by atoms with E-state index in [1.807, 2.05) is 6.92 Å². The fourth-order valence-electron chi connectivity index (χ4n) is 2.21. The van der Waals surface area contributed by atoms with Gasteiger partial charge in [0.15, 0.2) is 5.69 Å². The molecule has 0 unspecified atom stereocenters. The van der Waals surface area contributed by atoms with E-state index in [1.54, 1.807) is 11.9 Å². The predicted octanol–water partition coefficient (Wildman–Crippen LogP) is 0.206. The number of carbonyl (C=O) groups excluding carboxylic acids is 1. The summed E-state index contributed by atoms with van der Waals surface area (Å²) in [6.07, 6.45) is 0.591. The molecule has 1 aliphatic rings. The van der Waals surface area contributed by atoms with Gasteiger partial charge in [-0.3, -0.25) is 4.68 Å². The first-order valence-electron chi connectivity index (χ1n) is 5.85. The van der Waals surface area contributed by atoms with Crippen LogP contribution in [0.3, 0.4) is 0 Å². The van der Waals surface area contributed by atoms with Crippen LogP contribution >= 0.6 is 0 Å². The fourth-order valence-corrected chi connectivity index (χ4v) is 2.21. The largest absolute Gasteiger partial charge is 0.477 e. The highest BCUT2D eigenvalue weighted by Gasteiger charge is 2.28. The van der Waals surface area contributed by atoms with Crippen LogP contribution in [0.25, 0.3) is 0 Å². The highest BCUT2D eigenvalue weighted by atomic mass is 16.4. The number of fused-ring (bicyclic) bond motifs is 1. The zero-order valence-electron chi connectivity index (χ0n) is 10.4. The Balaban J connectivity index is 2.27. The van der Waals surface area contributed by atoms with E-state index in [9.17, 15) is 9.59 Å². The van der Waals surface area contributed by atoms with Crippen LogP contribution in [0.2, 0.25) is 0 Å². The molecule has 0 saturated heterocycles. The average Bonchev–Trinajstić information content (AvgIpc) is 2.64. The molecule has 0 fully saturated rings. The van der Waals surface area contributed by atoms with E-state index in [1.165, 1.54) is 4.68 Å². The van der Waals surface area contributed by atoms with Gasteiger partial charge in [-0.1, -0.05) is 0 Å². The van der Waals surface area contributed by atoms with Crippen molar-refractivity contribution in [2.45, 2.75) is 19.9 Å². The molecule has 7 nitrogen and oxygen atoms in total. The summed E-state index contributed by atoms with van der Waals surface area (Å²) in [5.41, 5.74) is 1.58. The molecular weight excluding hydrogens is 236 g/mol. The van der Waals surface area contributed by atoms with Gasteiger partial charge >= 0.3 is 12.0 Å². The van der Waals surface area contributed by atoms with Crippen molar-refractivity contribution in [1.29, 1.82) is 0 Å². The molecule has 2 rings (SSSR count). The predicted molar refractivity (Wildman–Crippen MR) is 63.4 cm³/mol. The maximum absolute atomic E-state index is 11.7. The molecular formula is C11H16N4O3. The van der Waals surface area contributed by atoms with Crippen LogP contribution in [0.5, 0.6) is 0 Å². The Bertz CT molecular complexity index is 495. The summed E-state index contributed by atoms with van der Waals surface area (Å²) in [6, 6.07) is -0.164. The Kier molecular flexibility index (Phi) is 3.22. The van der Waals surface area contributed by atoms with Crippen molar-refractivity contribution >= 4 is 12.0 Å². The zero-order valence-corrected chi connectivity index (χ0v) is 10.4. The summed E-state index contributed by atoms with van der Waals surface area (Å²) in [5, 5.41) is 16.1. The minimum Gasteiger partial charge on any atom is -0.477 e. The molecule has 0 aliphatic carbocycles. The van der Waals surface area contributed by atoms with Crippen LogP contribution in [0.15, 0.2) is 0 Å². The maximum Gasteiger partial charge on any atom is 0.354 e. The zero-order chi connectivity index (χ0) is 13.3. The number of aryl methyl sites for hydroxylation is 1. The van der Waals surface area contributed by atoms with Gasteiger partial charge in [0.05, 0.1) is 12.2 Å². The molecule has 2 N–H and O–H groups in total. The molecule has 0 saturated carbocycles. The minimum atomic E-state index is -1.01. The lowest BCUT2D eigenvalue weighted by atomic mass is 10.1. The number of amides is 2. The van der Waals surface area contributed by atoms with Gasteiger partial charge in [-0.05, 0) is 6.92 Å². The summed E-state index contributed by atoms with van der Waals surface area (Å²) in [5.74, 6) is -1.01. The Morgan fingerprint density at radius 2 is 2.22 bits per heavy atom. The Hall–Kier alpha value is -2.05. The maximum atomic E-state index is 11.7. The second-order valence-electron chi connectivity index (χ2n) is 4.21. The van der Waals surface area contributed by atoms with Crippen LogP contribution in [0, 0.1) is 0 Å². The molecule has 0 radical (unpaired) electrons. The number of rotatable bonds is 2. The molecule has 7 heteroatoms. The van der Waals surface area contributed by atoms with E-state index in [4.69, 9.17) is 5.11 Å². The van der Waals surface area contributed by atoms with Crippen molar-refractivity contribution in [2.75, 3.05) is 13.1 Å². The smallest absolute Gasteiger partial charge is 0.354 e. The highest BCUT2D eigenvalue weighted by molar-refractivity contribution is 5.88. The Morgan fingerprint density at radius 1 is 1.50 bits per heavy atom. The summed E-state index contributed by atoms with van der Waals surface area (Å²) in [6.45, 7) is 3.27. The number of nitrogens with zero attached hydrogens (tertiary/aromatic N) is 3. The summed E-state index contributed by atoms with van der Waals surface area (Å²) in [4.78, 5) is 24.5. The average molecular weight is 252 g/mol. The van der Waals surface area contributed by atoms with Crippen molar-refractivity contribution in [2.24, 2.45) is 7.05 Å². The molecule has 1 aromatic rings. The molecule has 98 valence electrons. The standard InChI is InChI=1S/C11H16N4O3/c1-3-12-11(18)15-5-4-8-7(6-15)9(10(16)17)14(2)13-8/h3-6H2,1-2H3,(H,12,18)(H,16,17). The van der Waals surface area contributed by atoms with Crippen molar-refractivity contribution < 1.29 is 14.7 Å². The Morgan fingerprint density at radius 3 is 2.83 bits per heavy atom. The molecule has 2 amide bonds. The van der Waals surface area contributed by atoms with Gasteiger partial charge in [0.2, 0.25) is 0 Å². The molecule has 0 spiro atoms. The van der Waals surface area contributed by atoms with Gasteiger partial charge in [-0.15, -0.1) is 0 Å². The second-order valence-corrected chi connectivity index (χ2v) is 4.21. The lowest BCUT2D eigenvalue weighted by molar-refractivity contribution is 0.0682. The minimum absolute atomic E-state index is 0.164. The topological polar surface area (TPSA) is 87.5 Å². The van der Waals surface area contributed by atoms with E-state index in [2.05, 4.69) is 10.4 Å². The van der Waals surface area contributed by atoms with E-state index in [-0.39, 0.29) is 11.7 Å². The lowest BCUT2D eigenvalue weighted by Crippen LogP contribution is -2.42. The van der Waals surface area contributed by atoms with Crippen LogP contribution in [-0.4, -0.2) is 44.9 Å². The lowest BCUT2D eigenvalue weighted by Gasteiger charge is -2.26. The number of carboxylic acids is 1. The summed E-state index contributed by atoms with van der Waals surface area (Å²) in [7, 11) is 1.61. The monoisotopic (exact) mass is 252 g/mol. The van der Waals surface area contributed by atoms with Crippen LogP contribution in [-0.2, 0) is 20.0 Å². The SMILES string of the molecule is CCNC(=O)N1CCc2nn(C)c(C(=O)O)c2C1. The van der Waals surface area contributed by atoms with E-state index < -0.39 is 5.97 Å². The van der Waals surface area contributed by atoms with Gasteiger partial charge in [0.25, 0.3) is 0 Å². The highest BCUT2D eigenvalue weighted by Crippen LogP contribution is 2.21. The number of aromatic nitrogens is 2. The van der Waals surface area contributed by atoms with E-state index >= 15 is 0 Å². The number of aromatic carboxylic acids is 1. The summed E-state index contributed by atoms with van der Waals surface area (Å²) >= 11 is 0. The molecule has 0 atom stereocenters. The third kappa shape index (κ3) is 2.03. The van der Waals surface area contributed by atoms with E-state index in [0.29, 0.717) is 31.6 Å². The van der Waals surface area contributed by atoms with Gasteiger partial charge in [0.1, 0.15) is 0 Å². The van der Waals surface area contributed by atoms with Crippen molar-refractivity contribution in [3.8, 4) is 0 Å². The molecule has 2 heterocycles. The van der Waals surface area contributed by atoms with Crippen molar-refractivity contribution in [3.05, 3.63) is 17.0 Å². The first-order chi connectivity index (χ1) is 8.54. The first-order valence-corrected chi connectivity index (χ1v) is 5.85. The normalized spacial score (nSPS) is 14.2. The number of hydrogen-bond donors (Lipinski definition) is 2. The number of urea groups is 1. The van der Waals surface area contributed by atoms with Gasteiger partial charge < -0.3 is 15.3 Å². The fraction of sp³-hybridized carbons (Fsp3) is 0.545. The number of hydrogen-bond acceptors (Lipinski definition) is 3. The summed E-state index contributed by atoms with van der Waals surface area (Å²) < 4.78 is 1.37. The molecule has 0 aromatic carbocycles. The van der Waals surface area contributed by atoms with Crippen molar-refractivity contribution in [3.63, 3.8) is 0 Å². The van der Waals surface area contributed by atoms with E-state index in [0.717, 1.165) is 5.69 Å². The number of carbonyl (C=O) groups is 2. The number of carboxylic acid groups (broad SMARTS) is 1. The van der Waals surface area contributed by atoms with Crippen LogP contribution in [0.4, 0.5) is 4.79 Å². The van der Waals surface area contributed by atoms with Crippen LogP contribution in [0.1, 0.15) is 28.7 Å². The third-order valence-corrected chi connectivity index (χ3v) is 3.01. The first kappa shape index (κ1) is 12.4. The molecule has 18 heavy (non-hydrogen) atoms. The quantitative estimate of drug-likeness (QED) is 0.787. The third-order valence-electron chi connectivity index (χ3n) is 3.01.